The first-order valence-corrected chi connectivity index (χ1v) is 4.60. The minimum atomic E-state index is 0.550. The Labute approximate surface area is 78.0 Å². The predicted octanol–water partition coefficient (Wildman–Crippen LogP) is 2.78. The van der Waals surface area contributed by atoms with Crippen molar-refractivity contribution < 1.29 is 0 Å². The van der Waals surface area contributed by atoms with Crippen molar-refractivity contribution in [3.05, 3.63) is 22.7 Å². The first-order valence-electron chi connectivity index (χ1n) is 4.22. The number of unbranched alkanes of at least 4 members (excludes halogenated alkanes) is 1. The first-order chi connectivity index (χ1) is 5.72. The van der Waals surface area contributed by atoms with Crippen LogP contribution in [0.3, 0.4) is 0 Å². The van der Waals surface area contributed by atoms with Gasteiger partial charge in [0.15, 0.2) is 0 Å². The maximum absolute atomic E-state index is 5.78. The minimum Gasteiger partial charge on any atom is -0.238 e. The second-order valence-corrected chi connectivity index (χ2v) is 3.24. The topological polar surface area (TPSA) is 25.8 Å². The summed E-state index contributed by atoms with van der Waals surface area (Å²) in [6.07, 6.45) is 3.21. The molecule has 0 unspecified atom stereocenters. The average molecular weight is 185 g/mol. The van der Waals surface area contributed by atoms with E-state index in [9.17, 15) is 0 Å². The number of rotatable bonds is 3. The zero-order chi connectivity index (χ0) is 8.97. The molecule has 0 amide bonds. The van der Waals surface area contributed by atoms with Crippen LogP contribution in [0.15, 0.2) is 6.07 Å². The third-order valence-electron chi connectivity index (χ3n) is 1.62. The van der Waals surface area contributed by atoms with Gasteiger partial charge in [0, 0.05) is 12.1 Å². The molecule has 0 fully saturated rings. The third-order valence-corrected chi connectivity index (χ3v) is 1.82. The fourth-order valence-electron chi connectivity index (χ4n) is 1.04. The molecule has 0 spiro atoms. The molecule has 0 N–H and O–H groups in total. The normalized spacial score (nSPS) is 10.2. The van der Waals surface area contributed by atoms with E-state index < -0.39 is 0 Å². The molecule has 2 nitrogen and oxygen atoms in total. The lowest BCUT2D eigenvalue weighted by Gasteiger charge is -2.00. The Balaban J connectivity index is 2.72. The molecule has 1 rings (SSSR count). The SMILES string of the molecule is CCCCc1nc(C)cc(Cl)n1. The predicted molar refractivity (Wildman–Crippen MR) is 50.4 cm³/mol. The van der Waals surface area contributed by atoms with Gasteiger partial charge in [0.05, 0.1) is 0 Å². The van der Waals surface area contributed by atoms with Crippen LogP contribution in [0, 0.1) is 6.92 Å². The number of hydrogen-bond acceptors (Lipinski definition) is 2. The Morgan fingerprint density at radius 1 is 1.42 bits per heavy atom. The van der Waals surface area contributed by atoms with Crippen molar-refractivity contribution in [2.75, 3.05) is 0 Å². The van der Waals surface area contributed by atoms with Gasteiger partial charge < -0.3 is 0 Å². The molecule has 0 saturated heterocycles. The molecule has 1 aromatic rings. The molecule has 0 bridgehead atoms. The quantitative estimate of drug-likeness (QED) is 0.676. The highest BCUT2D eigenvalue weighted by atomic mass is 35.5. The van der Waals surface area contributed by atoms with Gasteiger partial charge in [-0.1, -0.05) is 24.9 Å². The molecule has 0 aromatic carbocycles. The monoisotopic (exact) mass is 184 g/mol. The second-order valence-electron chi connectivity index (χ2n) is 2.85. The van der Waals surface area contributed by atoms with Crippen molar-refractivity contribution >= 4 is 11.6 Å². The smallest absolute Gasteiger partial charge is 0.133 e. The summed E-state index contributed by atoms with van der Waals surface area (Å²) in [4.78, 5) is 8.40. The van der Waals surface area contributed by atoms with Crippen LogP contribution in [0.2, 0.25) is 5.15 Å². The summed E-state index contributed by atoms with van der Waals surface area (Å²) in [6.45, 7) is 4.08. The summed E-state index contributed by atoms with van der Waals surface area (Å²) < 4.78 is 0. The van der Waals surface area contributed by atoms with Crippen LogP contribution in [0.4, 0.5) is 0 Å². The van der Waals surface area contributed by atoms with Gasteiger partial charge in [-0.15, -0.1) is 0 Å². The maximum Gasteiger partial charge on any atom is 0.133 e. The molecule has 0 radical (unpaired) electrons. The number of hydrogen-bond donors (Lipinski definition) is 0. The van der Waals surface area contributed by atoms with Crippen LogP contribution in [-0.2, 0) is 6.42 Å². The lowest BCUT2D eigenvalue weighted by molar-refractivity contribution is 0.748. The van der Waals surface area contributed by atoms with E-state index in [1.807, 2.05) is 6.92 Å². The average Bonchev–Trinajstić information content (AvgIpc) is 1.99. The van der Waals surface area contributed by atoms with E-state index in [4.69, 9.17) is 11.6 Å². The molecule has 0 atom stereocenters. The second kappa shape index (κ2) is 4.41. The van der Waals surface area contributed by atoms with E-state index in [1.165, 1.54) is 0 Å². The molecule has 66 valence electrons. The van der Waals surface area contributed by atoms with Crippen molar-refractivity contribution in [3.63, 3.8) is 0 Å². The maximum atomic E-state index is 5.78. The Morgan fingerprint density at radius 2 is 2.17 bits per heavy atom. The summed E-state index contributed by atoms with van der Waals surface area (Å²) in [5.41, 5.74) is 0.945. The van der Waals surface area contributed by atoms with E-state index in [1.54, 1.807) is 6.07 Å². The van der Waals surface area contributed by atoms with Gasteiger partial charge in [-0.05, 0) is 19.4 Å². The summed E-state index contributed by atoms with van der Waals surface area (Å²) in [7, 11) is 0. The first kappa shape index (κ1) is 9.46. The van der Waals surface area contributed by atoms with Gasteiger partial charge in [0.25, 0.3) is 0 Å². The van der Waals surface area contributed by atoms with Crippen molar-refractivity contribution in [2.45, 2.75) is 33.1 Å². The van der Waals surface area contributed by atoms with E-state index in [0.717, 1.165) is 30.8 Å². The highest BCUT2D eigenvalue weighted by Crippen LogP contribution is 2.08. The highest BCUT2D eigenvalue weighted by molar-refractivity contribution is 6.29. The Hall–Kier alpha value is -0.630. The van der Waals surface area contributed by atoms with Gasteiger partial charge in [0.2, 0.25) is 0 Å². The summed E-state index contributed by atoms with van der Waals surface area (Å²) in [5.74, 6) is 0.863. The van der Waals surface area contributed by atoms with Crippen molar-refractivity contribution in [1.82, 2.24) is 9.97 Å². The molecule has 3 heteroatoms. The van der Waals surface area contributed by atoms with E-state index in [-0.39, 0.29) is 0 Å². The zero-order valence-electron chi connectivity index (χ0n) is 7.47. The van der Waals surface area contributed by atoms with Crippen LogP contribution in [0.1, 0.15) is 31.3 Å². The molecule has 1 aromatic heterocycles. The van der Waals surface area contributed by atoms with Gasteiger partial charge in [0.1, 0.15) is 11.0 Å². The molecule has 1 heterocycles. The van der Waals surface area contributed by atoms with Crippen LogP contribution in [-0.4, -0.2) is 9.97 Å². The Morgan fingerprint density at radius 3 is 2.75 bits per heavy atom. The summed E-state index contributed by atoms with van der Waals surface area (Å²) >= 11 is 5.78. The van der Waals surface area contributed by atoms with Crippen molar-refractivity contribution in [1.29, 1.82) is 0 Å². The molecular weight excluding hydrogens is 172 g/mol. The van der Waals surface area contributed by atoms with Crippen molar-refractivity contribution in [3.8, 4) is 0 Å². The van der Waals surface area contributed by atoms with Crippen molar-refractivity contribution in [2.24, 2.45) is 0 Å². The molecule has 0 saturated carbocycles. The summed E-state index contributed by atoms with van der Waals surface area (Å²) in [6, 6.07) is 1.77. The number of halogens is 1. The molecule has 0 aliphatic heterocycles. The number of nitrogens with zero attached hydrogens (tertiary/aromatic N) is 2. The summed E-state index contributed by atoms with van der Waals surface area (Å²) in [5, 5.41) is 0.550. The molecular formula is C9H13ClN2. The number of aromatic nitrogens is 2. The van der Waals surface area contributed by atoms with Crippen LogP contribution < -0.4 is 0 Å². The van der Waals surface area contributed by atoms with Gasteiger partial charge in [-0.3, -0.25) is 0 Å². The van der Waals surface area contributed by atoms with E-state index >= 15 is 0 Å². The fraction of sp³-hybridized carbons (Fsp3) is 0.556. The molecule has 0 aliphatic rings. The van der Waals surface area contributed by atoms with E-state index in [0.29, 0.717) is 5.15 Å². The van der Waals surface area contributed by atoms with E-state index in [2.05, 4.69) is 16.9 Å². The Bertz CT molecular complexity index is 240. The standard InChI is InChI=1S/C9H13ClN2/c1-3-4-5-9-11-7(2)6-8(10)12-9/h6H,3-5H2,1-2H3. The third kappa shape index (κ3) is 2.78. The highest BCUT2D eigenvalue weighted by Gasteiger charge is 1.98. The fourth-order valence-corrected chi connectivity index (χ4v) is 1.29. The largest absolute Gasteiger partial charge is 0.238 e. The lowest BCUT2D eigenvalue weighted by atomic mass is 10.2. The molecule has 0 aliphatic carbocycles. The van der Waals surface area contributed by atoms with Gasteiger partial charge in [-0.2, -0.15) is 0 Å². The molecule has 12 heavy (non-hydrogen) atoms. The van der Waals surface area contributed by atoms with Gasteiger partial charge >= 0.3 is 0 Å². The number of aryl methyl sites for hydroxylation is 2. The van der Waals surface area contributed by atoms with Crippen LogP contribution in [0.5, 0.6) is 0 Å². The van der Waals surface area contributed by atoms with Crippen LogP contribution >= 0.6 is 11.6 Å². The lowest BCUT2D eigenvalue weighted by Crippen LogP contribution is -1.96. The van der Waals surface area contributed by atoms with Crippen LogP contribution in [0.25, 0.3) is 0 Å². The zero-order valence-corrected chi connectivity index (χ0v) is 8.23. The minimum absolute atomic E-state index is 0.550. The van der Waals surface area contributed by atoms with Gasteiger partial charge in [-0.25, -0.2) is 9.97 Å². The Kier molecular flexibility index (Phi) is 3.48.